The molecule has 13 nitrogen and oxygen atoms in total. The average molecular weight is 851 g/mol. The Morgan fingerprint density at radius 1 is 0.905 bits per heavy atom. The van der Waals surface area contributed by atoms with Crippen LogP contribution in [0.2, 0.25) is 0 Å². The van der Waals surface area contributed by atoms with Crippen molar-refractivity contribution in [1.82, 2.24) is 30.8 Å². The molecule has 6 atom stereocenters. The summed E-state index contributed by atoms with van der Waals surface area (Å²) < 4.78 is 6.74. The van der Waals surface area contributed by atoms with E-state index in [2.05, 4.69) is 27.5 Å². The van der Waals surface area contributed by atoms with Crippen molar-refractivity contribution in [2.75, 3.05) is 6.54 Å². The first kappa shape index (κ1) is 43.0. The number of fused-ring (bicyclic) bond motifs is 2. The number of carboxylic acids is 1. The van der Waals surface area contributed by atoms with E-state index in [1.807, 2.05) is 106 Å². The van der Waals surface area contributed by atoms with Crippen LogP contribution in [0, 0.1) is 17.3 Å². The minimum atomic E-state index is -1.54. The van der Waals surface area contributed by atoms with E-state index in [9.17, 15) is 24.3 Å². The average Bonchev–Trinajstić information content (AvgIpc) is 3.85. The fraction of sp³-hybridized carbons (Fsp3) is 0.380. The number of amides is 4. The van der Waals surface area contributed by atoms with Gasteiger partial charge < -0.3 is 30.7 Å². The standard InChI is InChI=1S/C50H54N6O7/c1-5-34-27-50(34,48(61)62)55-45(58)40-25-35(63-41-26-38(30-16-8-6-9-17-30)52-37-23-15-14-22-36(37)41)29-56(40)47(60)43(49(2,3)4)54-46(59)42(31-18-10-7-11-19-31)53-44(57)39-24-32-20-12-13-21-33(32)28-51-39/h5-6,8-9,12-17,20-24,26,28,31,34-35,40,42-43H,1,7,10-11,18-19,25,27,29H2,2-4H3,(H,53,57)(H,54,59)(H,55,58)(H,61,62)/t34?,35-,40+,42+,43-,50-/m1/s1. The van der Waals surface area contributed by atoms with Crippen LogP contribution in [0.25, 0.3) is 32.9 Å². The van der Waals surface area contributed by atoms with Gasteiger partial charge in [-0.3, -0.25) is 24.2 Å². The lowest BCUT2D eigenvalue weighted by Crippen LogP contribution is -2.62. The van der Waals surface area contributed by atoms with Crippen LogP contribution in [0.3, 0.4) is 0 Å². The predicted octanol–water partition coefficient (Wildman–Crippen LogP) is 6.85. The van der Waals surface area contributed by atoms with Crippen molar-refractivity contribution in [2.45, 2.75) is 95.5 Å². The Balaban J connectivity index is 1.09. The number of carboxylic acid groups (broad SMARTS) is 1. The highest BCUT2D eigenvalue weighted by molar-refractivity contribution is 6.00. The van der Waals surface area contributed by atoms with Crippen molar-refractivity contribution in [3.05, 3.63) is 116 Å². The van der Waals surface area contributed by atoms with Gasteiger partial charge in [0.2, 0.25) is 17.7 Å². The molecular formula is C50H54N6O7. The van der Waals surface area contributed by atoms with Gasteiger partial charge in [-0.2, -0.15) is 0 Å². The minimum Gasteiger partial charge on any atom is -0.488 e. The summed E-state index contributed by atoms with van der Waals surface area (Å²) in [7, 11) is 0. The first-order valence-electron chi connectivity index (χ1n) is 21.8. The molecule has 326 valence electrons. The Bertz CT molecular complexity index is 2570. The van der Waals surface area contributed by atoms with Gasteiger partial charge in [-0.25, -0.2) is 9.78 Å². The van der Waals surface area contributed by atoms with Gasteiger partial charge in [0.15, 0.2) is 0 Å². The topological polar surface area (TPSA) is 180 Å². The van der Waals surface area contributed by atoms with E-state index in [4.69, 9.17) is 9.72 Å². The molecule has 2 aromatic heterocycles. The number of aromatic nitrogens is 2. The second-order valence-corrected chi connectivity index (χ2v) is 18.3. The third-order valence-electron chi connectivity index (χ3n) is 12.9. The number of nitrogens with one attached hydrogen (secondary N) is 3. The molecule has 8 rings (SSSR count). The van der Waals surface area contributed by atoms with Crippen LogP contribution in [-0.2, 0) is 19.2 Å². The molecule has 63 heavy (non-hydrogen) atoms. The summed E-state index contributed by atoms with van der Waals surface area (Å²) in [5.41, 5.74) is 0.0351. The number of hydrogen-bond acceptors (Lipinski definition) is 8. The first-order chi connectivity index (χ1) is 30.3. The molecule has 2 aliphatic carbocycles. The number of benzene rings is 3. The van der Waals surface area contributed by atoms with Crippen LogP contribution < -0.4 is 20.7 Å². The number of aliphatic carboxylic acids is 1. The van der Waals surface area contributed by atoms with Gasteiger partial charge in [0.25, 0.3) is 5.91 Å². The second-order valence-electron chi connectivity index (χ2n) is 18.3. The molecule has 3 fully saturated rings. The molecular weight excluding hydrogens is 797 g/mol. The number of carbonyl (C=O) groups excluding carboxylic acids is 4. The fourth-order valence-electron chi connectivity index (χ4n) is 9.21. The van der Waals surface area contributed by atoms with Gasteiger partial charge in [-0.1, -0.05) is 113 Å². The lowest BCUT2D eigenvalue weighted by Gasteiger charge is -2.37. The third-order valence-corrected chi connectivity index (χ3v) is 12.9. The molecule has 4 N–H and O–H groups in total. The summed E-state index contributed by atoms with van der Waals surface area (Å²) in [5, 5.41) is 21.5. The minimum absolute atomic E-state index is 0.0297. The number of likely N-dealkylation sites (tertiary alicyclic amines) is 1. The maximum Gasteiger partial charge on any atom is 0.330 e. The number of para-hydroxylation sites is 1. The van der Waals surface area contributed by atoms with Crippen LogP contribution in [0.4, 0.5) is 0 Å². The van der Waals surface area contributed by atoms with Crippen LogP contribution in [0.5, 0.6) is 5.75 Å². The molecule has 3 aliphatic rings. The summed E-state index contributed by atoms with van der Waals surface area (Å²) in [4.78, 5) is 81.2. The number of rotatable bonds is 13. The van der Waals surface area contributed by atoms with E-state index in [0.717, 1.165) is 53.8 Å². The molecule has 3 heterocycles. The van der Waals surface area contributed by atoms with Crippen molar-refractivity contribution >= 4 is 51.3 Å². The van der Waals surface area contributed by atoms with E-state index >= 15 is 4.79 Å². The Hall–Kier alpha value is -6.63. The maximum atomic E-state index is 15.1. The van der Waals surface area contributed by atoms with Crippen LogP contribution in [0.1, 0.15) is 76.2 Å². The summed E-state index contributed by atoms with van der Waals surface area (Å²) in [6, 6.07) is 25.1. The third kappa shape index (κ3) is 9.00. The molecule has 13 heteroatoms. The Labute approximate surface area is 366 Å². The van der Waals surface area contributed by atoms with Gasteiger partial charge in [0.1, 0.15) is 41.2 Å². The van der Waals surface area contributed by atoms with E-state index in [0.29, 0.717) is 17.0 Å². The number of nitrogens with zero attached hydrogens (tertiary/aromatic N) is 3. The van der Waals surface area contributed by atoms with Crippen LogP contribution in [-0.4, -0.2) is 85.9 Å². The smallest absolute Gasteiger partial charge is 0.330 e. The lowest BCUT2D eigenvalue weighted by atomic mass is 9.82. The number of pyridine rings is 2. The van der Waals surface area contributed by atoms with Gasteiger partial charge in [-0.05, 0) is 54.2 Å². The van der Waals surface area contributed by atoms with Crippen molar-refractivity contribution in [3.8, 4) is 17.0 Å². The molecule has 0 bridgehead atoms. The zero-order valence-electron chi connectivity index (χ0n) is 35.9. The first-order valence-corrected chi connectivity index (χ1v) is 21.8. The summed E-state index contributed by atoms with van der Waals surface area (Å²) in [6.07, 6.45) is 6.93. The monoisotopic (exact) mass is 850 g/mol. The summed E-state index contributed by atoms with van der Waals surface area (Å²) in [5.74, 6) is -3.50. The maximum absolute atomic E-state index is 15.1. The van der Waals surface area contributed by atoms with Crippen molar-refractivity contribution in [3.63, 3.8) is 0 Å². The van der Waals surface area contributed by atoms with E-state index in [1.165, 1.54) is 11.0 Å². The molecule has 3 aromatic carbocycles. The largest absolute Gasteiger partial charge is 0.488 e. The molecule has 0 radical (unpaired) electrons. The van der Waals surface area contributed by atoms with Gasteiger partial charge >= 0.3 is 5.97 Å². The van der Waals surface area contributed by atoms with E-state index < -0.39 is 70.7 Å². The molecule has 1 saturated heterocycles. The second kappa shape index (κ2) is 17.6. The van der Waals surface area contributed by atoms with Crippen LogP contribution >= 0.6 is 0 Å². The van der Waals surface area contributed by atoms with Gasteiger partial charge in [0, 0.05) is 40.9 Å². The van der Waals surface area contributed by atoms with Gasteiger partial charge in [-0.15, -0.1) is 6.58 Å². The van der Waals surface area contributed by atoms with Crippen molar-refractivity contribution in [2.24, 2.45) is 17.3 Å². The number of ether oxygens (including phenoxy) is 1. The fourth-order valence-corrected chi connectivity index (χ4v) is 9.21. The van der Waals surface area contributed by atoms with Gasteiger partial charge in [0.05, 0.1) is 17.8 Å². The lowest BCUT2D eigenvalue weighted by molar-refractivity contribution is -0.147. The predicted molar refractivity (Wildman–Crippen MR) is 239 cm³/mol. The highest BCUT2D eigenvalue weighted by atomic mass is 16.5. The number of hydrogen-bond donors (Lipinski definition) is 4. The zero-order chi connectivity index (χ0) is 44.5. The van der Waals surface area contributed by atoms with E-state index in [1.54, 1.807) is 12.3 Å². The number of carbonyl (C=O) groups is 5. The Morgan fingerprint density at radius 2 is 1.60 bits per heavy atom. The highest BCUT2D eigenvalue weighted by Crippen LogP contribution is 2.45. The molecule has 1 unspecified atom stereocenters. The van der Waals surface area contributed by atoms with Crippen LogP contribution in [0.15, 0.2) is 110 Å². The van der Waals surface area contributed by atoms with Crippen molar-refractivity contribution < 1.29 is 33.8 Å². The quantitative estimate of drug-likeness (QED) is 0.0922. The highest BCUT2D eigenvalue weighted by Gasteiger charge is 2.61. The Morgan fingerprint density at radius 3 is 2.30 bits per heavy atom. The molecule has 5 aromatic rings. The van der Waals surface area contributed by atoms with Crippen molar-refractivity contribution in [1.29, 1.82) is 0 Å². The van der Waals surface area contributed by atoms with E-state index in [-0.39, 0.29) is 31.0 Å². The molecule has 2 saturated carbocycles. The summed E-state index contributed by atoms with van der Waals surface area (Å²) in [6.45, 7) is 9.21. The molecule has 0 spiro atoms. The summed E-state index contributed by atoms with van der Waals surface area (Å²) >= 11 is 0. The molecule has 1 aliphatic heterocycles. The Kier molecular flexibility index (Phi) is 12.0. The zero-order valence-corrected chi connectivity index (χ0v) is 35.9. The SMILES string of the molecule is C=CC1C[C@]1(NC(=O)[C@@H]1C[C@@H](Oc2cc(-c3ccccc3)nc3ccccc23)CN1C(=O)[C@@H](NC(=O)[C@@H](NC(=O)c1cc2ccccc2cn1)C1CCCCC1)C(C)(C)C)C(=O)O. The molecule has 4 amide bonds. The normalized spacial score (nSPS) is 22.1.